The molecule has 2 bridgehead atoms. The van der Waals surface area contributed by atoms with Gasteiger partial charge in [0.1, 0.15) is 13.1 Å². The molecule has 306 valence electrons. The van der Waals surface area contributed by atoms with E-state index >= 15 is 0 Å². The van der Waals surface area contributed by atoms with E-state index in [-0.39, 0.29) is 36.5 Å². The van der Waals surface area contributed by atoms with Gasteiger partial charge in [0.15, 0.2) is 0 Å². The molecule has 7 atom stereocenters. The fraction of sp³-hybridized carbons (Fsp3) is 0.630. The van der Waals surface area contributed by atoms with Gasteiger partial charge in [-0.1, -0.05) is 71.9 Å². The number of methoxy groups -OCH3 is 1. The number of benzene rings is 1. The maximum absolute atomic E-state index is 12.6. The van der Waals surface area contributed by atoms with E-state index in [1.165, 1.54) is 16.7 Å². The van der Waals surface area contributed by atoms with Crippen molar-refractivity contribution in [3.63, 3.8) is 0 Å². The average molecular weight is 763 g/mol. The first kappa shape index (κ1) is 45.0. The van der Waals surface area contributed by atoms with Gasteiger partial charge in [-0.05, 0) is 139 Å². The summed E-state index contributed by atoms with van der Waals surface area (Å²) in [4.78, 5) is 12.1. The van der Waals surface area contributed by atoms with Crippen molar-refractivity contribution in [2.45, 2.75) is 109 Å². The number of rotatable bonds is 17. The summed E-state index contributed by atoms with van der Waals surface area (Å²) in [6.45, 7) is 12.6. The molecular weight excluding hydrogens is 693 g/mol. The molecule has 9 heteroatoms. The molecular formula is C46H70N2O7. The van der Waals surface area contributed by atoms with Crippen LogP contribution in [0, 0.1) is 23.2 Å². The van der Waals surface area contributed by atoms with E-state index in [0.29, 0.717) is 63.7 Å². The van der Waals surface area contributed by atoms with Gasteiger partial charge in [0.05, 0.1) is 18.3 Å². The van der Waals surface area contributed by atoms with Crippen molar-refractivity contribution in [1.29, 1.82) is 0 Å². The number of allylic oxidation sites excluding steroid dienone is 7. The highest BCUT2D eigenvalue weighted by atomic mass is 16.6. The SMILES string of the molecule is C=C(/C=C/C=C(/COCO)[C@@H]1CC[C@]2([C@@H]1O)[C@@H](CCCO)/C(=C(/C)C=O)CC[C@]2(O)CCNC)[C@H]1C/C=C(\C)CN[C@](C)(CCOC)Cc2cccc(c2)C1. The predicted octanol–water partition coefficient (Wildman–Crippen LogP) is 5.92. The van der Waals surface area contributed by atoms with Gasteiger partial charge < -0.3 is 40.5 Å². The van der Waals surface area contributed by atoms with Gasteiger partial charge in [-0.2, -0.15) is 0 Å². The number of ether oxygens (including phenoxy) is 2. The lowest BCUT2D eigenvalue weighted by Gasteiger charge is -2.57. The molecule has 1 spiro atoms. The van der Waals surface area contributed by atoms with E-state index in [4.69, 9.17) is 9.47 Å². The summed E-state index contributed by atoms with van der Waals surface area (Å²) in [6.07, 6.45) is 15.6. The van der Waals surface area contributed by atoms with Gasteiger partial charge in [0.25, 0.3) is 0 Å². The summed E-state index contributed by atoms with van der Waals surface area (Å²) in [5.74, 6) is -0.425. The van der Waals surface area contributed by atoms with Crippen LogP contribution in [0.3, 0.4) is 0 Å². The molecule has 2 aliphatic carbocycles. The van der Waals surface area contributed by atoms with E-state index in [2.05, 4.69) is 67.5 Å². The Hall–Kier alpha value is -2.73. The van der Waals surface area contributed by atoms with E-state index in [9.17, 15) is 25.2 Å². The molecule has 1 heterocycles. The maximum atomic E-state index is 12.6. The number of hydrogen-bond acceptors (Lipinski definition) is 9. The monoisotopic (exact) mass is 763 g/mol. The van der Waals surface area contributed by atoms with E-state index < -0.39 is 23.9 Å². The van der Waals surface area contributed by atoms with Crippen molar-refractivity contribution in [2.75, 3.05) is 53.9 Å². The van der Waals surface area contributed by atoms with Crippen molar-refractivity contribution in [2.24, 2.45) is 23.2 Å². The minimum Gasteiger partial charge on any atom is -0.396 e. The van der Waals surface area contributed by atoms with Crippen molar-refractivity contribution in [3.05, 3.63) is 94.1 Å². The van der Waals surface area contributed by atoms with Crippen molar-refractivity contribution in [1.82, 2.24) is 10.6 Å². The minimum atomic E-state index is -1.18. The Bertz CT molecular complexity index is 1550. The molecule has 1 aliphatic heterocycles. The molecule has 3 aliphatic rings. The minimum absolute atomic E-state index is 0.00830. The van der Waals surface area contributed by atoms with Gasteiger partial charge in [-0.3, -0.25) is 4.79 Å². The zero-order valence-corrected chi connectivity index (χ0v) is 34.2. The number of carbonyl (C=O) groups is 1. The van der Waals surface area contributed by atoms with Crippen LogP contribution >= 0.6 is 0 Å². The van der Waals surface area contributed by atoms with Crippen LogP contribution in [0.5, 0.6) is 0 Å². The fourth-order valence-electron chi connectivity index (χ4n) is 9.86. The third kappa shape index (κ3) is 11.0. The van der Waals surface area contributed by atoms with Crippen LogP contribution in [0.15, 0.2) is 83.0 Å². The molecule has 0 amide bonds. The highest BCUT2D eigenvalue weighted by Gasteiger charge is 2.65. The molecule has 55 heavy (non-hydrogen) atoms. The molecule has 2 saturated carbocycles. The predicted molar refractivity (Wildman–Crippen MR) is 220 cm³/mol. The fourth-order valence-corrected chi connectivity index (χ4v) is 9.86. The number of nitrogens with one attached hydrogen (secondary N) is 2. The lowest BCUT2D eigenvalue weighted by atomic mass is 9.51. The molecule has 1 aromatic carbocycles. The van der Waals surface area contributed by atoms with E-state index in [1.807, 2.05) is 26.1 Å². The topological polar surface area (TPSA) is 141 Å². The normalized spacial score (nSPS) is 32.5. The highest BCUT2D eigenvalue weighted by molar-refractivity contribution is 5.74. The standard InChI is InChI=1S/C46H70N2O7/c1-33-15-16-38(27-36-11-8-12-37(26-36)28-44(4,48-29-33)22-25-54-6)34(2)10-7-13-39(31-55-32-51)41-18-20-46(43(41)52)42(14-9-24-49)40(35(3)30-50)17-19-45(46,53)21-23-47-5/h7-8,10-13,15,26,30,38,41-43,47-49,51-53H,2,9,14,16-25,27-29,31-32H2,1,3-6H3/b10-7+,33-15+,39-13-,40-35-/t38-,41-,42-,43+,44+,45-,46+/m0/s1. The first-order valence-electron chi connectivity index (χ1n) is 20.4. The smallest absolute Gasteiger partial charge is 0.145 e. The van der Waals surface area contributed by atoms with Gasteiger partial charge in [-0.25, -0.2) is 0 Å². The third-order valence-corrected chi connectivity index (χ3v) is 13.1. The second-order valence-electron chi connectivity index (χ2n) is 16.8. The summed E-state index contributed by atoms with van der Waals surface area (Å²) >= 11 is 0. The number of fused-ring (bicyclic) bond motifs is 2. The number of aliphatic hydroxyl groups is 4. The third-order valence-electron chi connectivity index (χ3n) is 13.1. The lowest BCUT2D eigenvalue weighted by molar-refractivity contribution is -0.180. The van der Waals surface area contributed by atoms with E-state index in [1.54, 1.807) is 7.11 Å². The van der Waals surface area contributed by atoms with Gasteiger partial charge in [-0.15, -0.1) is 0 Å². The lowest BCUT2D eigenvalue weighted by Crippen LogP contribution is -2.61. The second-order valence-corrected chi connectivity index (χ2v) is 16.8. The van der Waals surface area contributed by atoms with E-state index in [0.717, 1.165) is 55.2 Å². The molecule has 1 aromatic rings. The Balaban J connectivity index is 1.65. The van der Waals surface area contributed by atoms with Gasteiger partial charge in [0, 0.05) is 43.7 Å². The highest BCUT2D eigenvalue weighted by Crippen LogP contribution is 2.64. The summed E-state index contributed by atoms with van der Waals surface area (Å²) in [7, 11) is 3.62. The van der Waals surface area contributed by atoms with Crippen LogP contribution in [-0.4, -0.2) is 97.8 Å². The molecule has 0 aromatic heterocycles. The molecule has 0 saturated heterocycles. The zero-order chi connectivity index (χ0) is 40.1. The molecule has 9 nitrogen and oxygen atoms in total. The quantitative estimate of drug-likeness (QED) is 0.0375. The van der Waals surface area contributed by atoms with Gasteiger partial charge in [0.2, 0.25) is 0 Å². The Morgan fingerprint density at radius 1 is 1.18 bits per heavy atom. The number of aldehydes is 1. The van der Waals surface area contributed by atoms with Crippen molar-refractivity contribution in [3.8, 4) is 0 Å². The van der Waals surface area contributed by atoms with Gasteiger partial charge >= 0.3 is 0 Å². The maximum Gasteiger partial charge on any atom is 0.145 e. The summed E-state index contributed by atoms with van der Waals surface area (Å²) in [5, 5.41) is 51.7. The first-order chi connectivity index (χ1) is 26.4. The van der Waals surface area contributed by atoms with Crippen LogP contribution in [0.4, 0.5) is 0 Å². The summed E-state index contributed by atoms with van der Waals surface area (Å²) in [5.41, 5.74) is 5.15. The molecule has 6 N–H and O–H groups in total. The van der Waals surface area contributed by atoms with Crippen LogP contribution in [0.25, 0.3) is 0 Å². The summed E-state index contributed by atoms with van der Waals surface area (Å²) < 4.78 is 11.0. The van der Waals surface area contributed by atoms with Crippen molar-refractivity contribution >= 4 is 6.29 Å². The van der Waals surface area contributed by atoms with Crippen molar-refractivity contribution < 1.29 is 34.7 Å². The Kier molecular flexibility index (Phi) is 17.3. The molecule has 0 unspecified atom stereocenters. The van der Waals surface area contributed by atoms with Crippen LogP contribution in [-0.2, 0) is 27.1 Å². The van der Waals surface area contributed by atoms with Crippen LogP contribution < -0.4 is 10.6 Å². The largest absolute Gasteiger partial charge is 0.396 e. The number of hydrogen-bond donors (Lipinski definition) is 6. The Morgan fingerprint density at radius 3 is 2.67 bits per heavy atom. The Labute approximate surface area is 330 Å². The van der Waals surface area contributed by atoms with Crippen LogP contribution in [0.2, 0.25) is 0 Å². The molecule has 4 rings (SSSR count). The number of carbonyl (C=O) groups excluding carboxylic acids is 1. The molecule has 2 fully saturated rings. The second kappa shape index (κ2) is 21.1. The molecule has 0 radical (unpaired) electrons. The summed E-state index contributed by atoms with van der Waals surface area (Å²) in [6, 6.07) is 8.89. The average Bonchev–Trinajstić information content (AvgIpc) is 3.52. The number of aliphatic hydroxyl groups excluding tert-OH is 3. The Morgan fingerprint density at radius 2 is 1.96 bits per heavy atom. The first-order valence-corrected chi connectivity index (χ1v) is 20.4. The van der Waals surface area contributed by atoms with Crippen LogP contribution in [0.1, 0.15) is 89.7 Å². The zero-order valence-electron chi connectivity index (χ0n) is 34.2.